The highest BCUT2D eigenvalue weighted by atomic mass is 31.2. The van der Waals surface area contributed by atoms with Crippen molar-refractivity contribution in [3.63, 3.8) is 0 Å². The number of fused-ring (bicyclic) bond motifs is 2. The average molecular weight is 613 g/mol. The summed E-state index contributed by atoms with van der Waals surface area (Å²) >= 11 is 0. The molecular formula is C39H34O3P2+2. The van der Waals surface area contributed by atoms with Crippen LogP contribution in [0.15, 0.2) is 158 Å². The highest BCUT2D eigenvalue weighted by Crippen LogP contribution is 2.60. The van der Waals surface area contributed by atoms with Crippen molar-refractivity contribution in [2.75, 3.05) is 0 Å². The van der Waals surface area contributed by atoms with Gasteiger partial charge in [-0.1, -0.05) is 111 Å². The summed E-state index contributed by atoms with van der Waals surface area (Å²) in [4.78, 5) is 25.9. The van der Waals surface area contributed by atoms with Crippen LogP contribution in [0.1, 0.15) is 25.0 Å². The van der Waals surface area contributed by atoms with Gasteiger partial charge in [0.1, 0.15) is 21.2 Å². The number of rotatable bonds is 6. The van der Waals surface area contributed by atoms with E-state index in [1.807, 2.05) is 146 Å². The maximum Gasteiger partial charge on any atom is 0.242 e. The van der Waals surface area contributed by atoms with Crippen LogP contribution in [0.25, 0.3) is 0 Å². The Bertz CT molecular complexity index is 1710. The summed E-state index contributed by atoms with van der Waals surface area (Å²) in [6, 6.07) is 52.0. The van der Waals surface area contributed by atoms with Crippen LogP contribution in [0.5, 0.6) is 11.5 Å². The second kappa shape index (κ2) is 11.1. The molecule has 6 aromatic rings. The van der Waals surface area contributed by atoms with Gasteiger partial charge in [0.15, 0.2) is 22.1 Å². The molecule has 0 radical (unpaired) electrons. The predicted octanol–water partition coefficient (Wildman–Crippen LogP) is 6.52. The van der Waals surface area contributed by atoms with E-state index in [0.717, 1.165) is 43.0 Å². The molecule has 0 amide bonds. The van der Waals surface area contributed by atoms with E-state index in [2.05, 4.69) is 26.0 Å². The zero-order valence-electron chi connectivity index (χ0n) is 24.7. The van der Waals surface area contributed by atoms with Gasteiger partial charge in [-0.3, -0.25) is 0 Å². The summed E-state index contributed by atoms with van der Waals surface area (Å²) < 4.78 is 7.09. The fraction of sp³-hybridized carbons (Fsp3) is 0.0769. The molecule has 7 rings (SSSR count). The standard InChI is InChI=1S/C39H34O3P2/c1-39(2)33-25-15-27-35(43(40,29-17-7-3-8-18-29)30-19-9-4-10-20-30)37(33)42-38-34(39)26-16-28-36(38)44(41,31-21-11-5-12-22-31)32-23-13-6-14-24-32/h3-28,40-41H,1-2H3/q+2. The molecule has 5 heteroatoms. The highest BCUT2D eigenvalue weighted by molar-refractivity contribution is 7.91. The molecule has 0 atom stereocenters. The van der Waals surface area contributed by atoms with Crippen molar-refractivity contribution in [1.29, 1.82) is 0 Å². The van der Waals surface area contributed by atoms with Crippen LogP contribution < -0.4 is 36.6 Å². The molecule has 3 nitrogen and oxygen atoms in total. The Hall–Kier alpha value is -4.10. The fourth-order valence-corrected chi connectivity index (χ4v) is 12.1. The van der Waals surface area contributed by atoms with Crippen LogP contribution in [-0.2, 0) is 5.41 Å². The lowest BCUT2D eigenvalue weighted by molar-refractivity contribution is 0.423. The van der Waals surface area contributed by atoms with E-state index in [-0.39, 0.29) is 0 Å². The minimum Gasteiger partial charge on any atom is -0.448 e. The van der Waals surface area contributed by atoms with Crippen molar-refractivity contribution >= 4 is 46.8 Å². The molecule has 2 N–H and O–H groups in total. The van der Waals surface area contributed by atoms with E-state index in [9.17, 15) is 9.79 Å². The Morgan fingerprint density at radius 1 is 0.409 bits per heavy atom. The first kappa shape index (κ1) is 28.7. The van der Waals surface area contributed by atoms with Crippen LogP contribution in [-0.4, -0.2) is 9.79 Å². The highest BCUT2D eigenvalue weighted by Gasteiger charge is 2.53. The largest absolute Gasteiger partial charge is 0.448 e. The quantitative estimate of drug-likeness (QED) is 0.211. The Morgan fingerprint density at radius 2 is 0.705 bits per heavy atom. The second-order valence-corrected chi connectivity index (χ2v) is 17.2. The Labute approximate surface area is 260 Å². The molecule has 0 fully saturated rings. The second-order valence-electron chi connectivity index (χ2n) is 11.6. The summed E-state index contributed by atoms with van der Waals surface area (Å²) in [6.07, 6.45) is 0. The van der Waals surface area contributed by atoms with E-state index < -0.39 is 20.4 Å². The Balaban J connectivity index is 1.50. The monoisotopic (exact) mass is 612 g/mol. The van der Waals surface area contributed by atoms with Gasteiger partial charge in [0, 0.05) is 16.5 Å². The van der Waals surface area contributed by atoms with Gasteiger partial charge in [0.25, 0.3) is 0 Å². The lowest BCUT2D eigenvalue weighted by Gasteiger charge is -2.37. The molecule has 0 aliphatic carbocycles. The maximum absolute atomic E-state index is 13.0. The van der Waals surface area contributed by atoms with Gasteiger partial charge in [-0.15, -0.1) is 0 Å². The van der Waals surface area contributed by atoms with Crippen molar-refractivity contribution in [2.45, 2.75) is 19.3 Å². The summed E-state index contributed by atoms with van der Waals surface area (Å²) in [5.74, 6) is 1.32. The molecule has 0 saturated heterocycles. The Kier molecular flexibility index (Phi) is 7.24. The van der Waals surface area contributed by atoms with Crippen molar-refractivity contribution in [2.24, 2.45) is 0 Å². The summed E-state index contributed by atoms with van der Waals surface area (Å²) in [7, 11) is -6.21. The first-order valence-corrected chi connectivity index (χ1v) is 18.3. The third-order valence-electron chi connectivity index (χ3n) is 8.76. The lowest BCUT2D eigenvalue weighted by atomic mass is 9.76. The predicted molar refractivity (Wildman–Crippen MR) is 187 cm³/mol. The summed E-state index contributed by atoms with van der Waals surface area (Å²) in [5.41, 5.74) is 1.54. The first-order valence-electron chi connectivity index (χ1n) is 14.8. The molecule has 0 aromatic heterocycles. The third kappa shape index (κ3) is 4.43. The molecule has 0 saturated carbocycles. The van der Waals surface area contributed by atoms with Gasteiger partial charge in [-0.05, 0) is 60.7 Å². The fourth-order valence-electron chi connectivity index (χ4n) is 6.43. The maximum atomic E-state index is 13.0. The van der Waals surface area contributed by atoms with E-state index in [4.69, 9.17) is 4.74 Å². The van der Waals surface area contributed by atoms with Crippen LogP contribution in [0.3, 0.4) is 0 Å². The number of hydrogen-bond donors (Lipinski definition) is 2. The van der Waals surface area contributed by atoms with Gasteiger partial charge in [0.2, 0.25) is 15.0 Å². The smallest absolute Gasteiger partial charge is 0.242 e. The van der Waals surface area contributed by atoms with Gasteiger partial charge >= 0.3 is 0 Å². The molecular weight excluding hydrogens is 578 g/mol. The number of hydrogen-bond acceptors (Lipinski definition) is 3. The van der Waals surface area contributed by atoms with Gasteiger partial charge < -0.3 is 4.74 Å². The Morgan fingerprint density at radius 3 is 1.00 bits per heavy atom. The average Bonchev–Trinajstić information content (AvgIpc) is 3.09. The molecule has 6 aromatic carbocycles. The van der Waals surface area contributed by atoms with Crippen molar-refractivity contribution < 1.29 is 14.5 Å². The number of ether oxygens (including phenoxy) is 1. The molecule has 1 aliphatic rings. The van der Waals surface area contributed by atoms with Crippen molar-refractivity contribution in [1.82, 2.24) is 0 Å². The zero-order chi connectivity index (χ0) is 30.4. The normalized spacial score (nSPS) is 13.8. The number of benzene rings is 6. The zero-order valence-corrected chi connectivity index (χ0v) is 26.5. The van der Waals surface area contributed by atoms with Gasteiger partial charge in [0.05, 0.1) is 0 Å². The van der Waals surface area contributed by atoms with Crippen molar-refractivity contribution in [3.8, 4) is 11.5 Å². The lowest BCUT2D eigenvalue weighted by Crippen LogP contribution is -2.37. The summed E-state index contributed by atoms with van der Waals surface area (Å²) in [5, 5.41) is 4.97. The third-order valence-corrected chi connectivity index (χ3v) is 15.0. The van der Waals surface area contributed by atoms with E-state index in [1.165, 1.54) is 0 Å². The minimum atomic E-state index is -3.11. The molecule has 1 aliphatic heterocycles. The minimum absolute atomic E-state index is 0.467. The molecule has 0 spiro atoms. The van der Waals surface area contributed by atoms with E-state index >= 15 is 0 Å². The van der Waals surface area contributed by atoms with Crippen LogP contribution >= 0.6 is 15.0 Å². The molecule has 44 heavy (non-hydrogen) atoms. The first-order chi connectivity index (χ1) is 21.4. The van der Waals surface area contributed by atoms with E-state index in [1.54, 1.807) is 0 Å². The molecule has 1 heterocycles. The van der Waals surface area contributed by atoms with E-state index in [0.29, 0.717) is 11.5 Å². The molecule has 216 valence electrons. The van der Waals surface area contributed by atoms with Crippen molar-refractivity contribution in [3.05, 3.63) is 169 Å². The molecule has 0 unspecified atom stereocenters. The molecule has 0 bridgehead atoms. The SMILES string of the molecule is CC1(C)c2cccc([P+](O)(c3ccccc3)c3ccccc3)c2Oc2c1cccc2[P+](O)(c1ccccc1)c1ccccc1. The van der Waals surface area contributed by atoms with Crippen LogP contribution in [0.4, 0.5) is 0 Å². The topological polar surface area (TPSA) is 49.7 Å². The van der Waals surface area contributed by atoms with Crippen LogP contribution in [0.2, 0.25) is 0 Å². The summed E-state index contributed by atoms with van der Waals surface area (Å²) in [6.45, 7) is 4.40. The van der Waals surface area contributed by atoms with Gasteiger partial charge in [-0.2, -0.15) is 0 Å². The van der Waals surface area contributed by atoms with Gasteiger partial charge in [-0.25, -0.2) is 9.79 Å². The van der Waals surface area contributed by atoms with Crippen LogP contribution in [0, 0.1) is 0 Å². The number of para-hydroxylation sites is 2.